The first-order valence-electron chi connectivity index (χ1n) is 5.20. The topological polar surface area (TPSA) is 58.6 Å². The Morgan fingerprint density at radius 1 is 1.44 bits per heavy atom. The van der Waals surface area contributed by atoms with Crippen LogP contribution in [-0.2, 0) is 9.53 Å². The Morgan fingerprint density at radius 3 is 2.88 bits per heavy atom. The Hall–Kier alpha value is -1.39. The van der Waals surface area contributed by atoms with Crippen LogP contribution in [0.1, 0.15) is 11.1 Å². The van der Waals surface area contributed by atoms with Crippen LogP contribution in [0.3, 0.4) is 0 Å². The molecule has 0 aromatic heterocycles. The molecule has 0 saturated carbocycles. The summed E-state index contributed by atoms with van der Waals surface area (Å²) in [6.45, 7) is 4.03. The van der Waals surface area contributed by atoms with E-state index in [0.717, 1.165) is 16.8 Å². The van der Waals surface area contributed by atoms with Gasteiger partial charge in [-0.2, -0.15) is 0 Å². The molecule has 88 valence electrons. The number of hydrogen-bond donors (Lipinski definition) is 2. The summed E-state index contributed by atoms with van der Waals surface area (Å²) in [4.78, 5) is 11.4. The first-order chi connectivity index (χ1) is 7.65. The van der Waals surface area contributed by atoms with E-state index in [1.165, 1.54) is 0 Å². The van der Waals surface area contributed by atoms with Crippen LogP contribution in [0.15, 0.2) is 18.2 Å². The Balaban J connectivity index is 2.53. The lowest BCUT2D eigenvalue weighted by Gasteiger charge is -2.10. The maximum atomic E-state index is 11.4. The summed E-state index contributed by atoms with van der Waals surface area (Å²) in [6, 6.07) is 5.74. The van der Waals surface area contributed by atoms with E-state index in [9.17, 15) is 4.79 Å². The smallest absolute Gasteiger partial charge is 0.250 e. The summed E-state index contributed by atoms with van der Waals surface area (Å²) in [5, 5.41) is 11.3. The monoisotopic (exact) mass is 223 g/mol. The number of aliphatic hydroxyl groups is 1. The van der Waals surface area contributed by atoms with Crippen LogP contribution in [0, 0.1) is 13.8 Å². The highest BCUT2D eigenvalue weighted by molar-refractivity contribution is 5.92. The van der Waals surface area contributed by atoms with E-state index < -0.39 is 0 Å². The zero-order chi connectivity index (χ0) is 12.0. The van der Waals surface area contributed by atoms with E-state index in [4.69, 9.17) is 9.84 Å². The number of carbonyl (C=O) groups excluding carboxylic acids is 1. The summed E-state index contributed by atoms with van der Waals surface area (Å²) in [7, 11) is 0. The predicted octanol–water partition coefficient (Wildman–Crippen LogP) is 1.25. The van der Waals surface area contributed by atoms with Gasteiger partial charge >= 0.3 is 0 Å². The fourth-order valence-corrected chi connectivity index (χ4v) is 1.30. The molecule has 0 atom stereocenters. The van der Waals surface area contributed by atoms with Crippen LogP contribution < -0.4 is 5.32 Å². The van der Waals surface area contributed by atoms with Gasteiger partial charge in [0.05, 0.1) is 13.2 Å². The Bertz CT molecular complexity index is 363. The van der Waals surface area contributed by atoms with Crippen LogP contribution in [0.5, 0.6) is 0 Å². The molecule has 0 aliphatic carbocycles. The van der Waals surface area contributed by atoms with Gasteiger partial charge in [-0.3, -0.25) is 4.79 Å². The highest BCUT2D eigenvalue weighted by Crippen LogP contribution is 2.17. The summed E-state index contributed by atoms with van der Waals surface area (Å²) in [5.41, 5.74) is 2.99. The van der Waals surface area contributed by atoms with Crippen molar-refractivity contribution in [2.75, 3.05) is 25.1 Å². The normalized spacial score (nSPS) is 10.2. The van der Waals surface area contributed by atoms with Crippen LogP contribution >= 0.6 is 0 Å². The van der Waals surface area contributed by atoms with Crippen molar-refractivity contribution in [3.8, 4) is 0 Å². The molecule has 0 aliphatic heterocycles. The number of benzene rings is 1. The Kier molecular flexibility index (Phi) is 4.95. The third-order valence-electron chi connectivity index (χ3n) is 2.35. The van der Waals surface area contributed by atoms with Crippen molar-refractivity contribution >= 4 is 11.6 Å². The minimum Gasteiger partial charge on any atom is -0.394 e. The highest BCUT2D eigenvalue weighted by atomic mass is 16.5. The minimum absolute atomic E-state index is 0.0338. The number of aliphatic hydroxyl groups excluding tert-OH is 1. The van der Waals surface area contributed by atoms with E-state index in [2.05, 4.69) is 5.32 Å². The molecule has 0 spiro atoms. The first-order valence-corrected chi connectivity index (χ1v) is 5.20. The van der Waals surface area contributed by atoms with Gasteiger partial charge in [0.25, 0.3) is 0 Å². The molecule has 0 aliphatic rings. The molecule has 0 radical (unpaired) electrons. The number of ether oxygens (including phenoxy) is 1. The average Bonchev–Trinajstić information content (AvgIpc) is 2.25. The quantitative estimate of drug-likeness (QED) is 0.739. The second kappa shape index (κ2) is 6.25. The fourth-order valence-electron chi connectivity index (χ4n) is 1.30. The first kappa shape index (κ1) is 12.7. The Labute approximate surface area is 95.2 Å². The van der Waals surface area contributed by atoms with Crippen LogP contribution in [0.25, 0.3) is 0 Å². The molecule has 0 heterocycles. The standard InChI is InChI=1S/C12H17NO3/c1-9-4-3-5-11(10(9)2)13-12(15)8-16-7-6-14/h3-5,14H,6-8H2,1-2H3,(H,13,15). The van der Waals surface area contributed by atoms with E-state index in [-0.39, 0.29) is 25.7 Å². The van der Waals surface area contributed by atoms with Crippen molar-refractivity contribution in [3.05, 3.63) is 29.3 Å². The number of rotatable bonds is 5. The second-order valence-corrected chi connectivity index (χ2v) is 3.57. The SMILES string of the molecule is Cc1cccc(NC(=O)COCCO)c1C. The van der Waals surface area contributed by atoms with Crippen molar-refractivity contribution in [3.63, 3.8) is 0 Å². The van der Waals surface area contributed by atoms with Crippen molar-refractivity contribution in [2.24, 2.45) is 0 Å². The molecule has 1 aromatic carbocycles. The third kappa shape index (κ3) is 3.64. The van der Waals surface area contributed by atoms with Crippen LogP contribution in [-0.4, -0.2) is 30.8 Å². The fraction of sp³-hybridized carbons (Fsp3) is 0.417. The third-order valence-corrected chi connectivity index (χ3v) is 2.35. The molecular formula is C12H17NO3. The molecule has 1 aromatic rings. The lowest BCUT2D eigenvalue weighted by Crippen LogP contribution is -2.20. The molecule has 2 N–H and O–H groups in total. The van der Waals surface area contributed by atoms with Gasteiger partial charge in [-0.1, -0.05) is 12.1 Å². The number of hydrogen-bond acceptors (Lipinski definition) is 3. The van der Waals surface area contributed by atoms with E-state index >= 15 is 0 Å². The van der Waals surface area contributed by atoms with Crippen molar-refractivity contribution in [2.45, 2.75) is 13.8 Å². The number of nitrogens with one attached hydrogen (secondary N) is 1. The molecule has 4 heteroatoms. The maximum Gasteiger partial charge on any atom is 0.250 e. The van der Waals surface area contributed by atoms with Crippen LogP contribution in [0.2, 0.25) is 0 Å². The molecular weight excluding hydrogens is 206 g/mol. The summed E-state index contributed by atoms with van der Waals surface area (Å²) < 4.78 is 4.92. The number of amides is 1. The minimum atomic E-state index is -0.206. The summed E-state index contributed by atoms with van der Waals surface area (Å²) >= 11 is 0. The van der Waals surface area contributed by atoms with Gasteiger partial charge in [0.15, 0.2) is 0 Å². The largest absolute Gasteiger partial charge is 0.394 e. The lowest BCUT2D eigenvalue weighted by atomic mass is 10.1. The molecule has 0 fully saturated rings. The average molecular weight is 223 g/mol. The van der Waals surface area contributed by atoms with Gasteiger partial charge in [-0.15, -0.1) is 0 Å². The van der Waals surface area contributed by atoms with Gasteiger partial charge < -0.3 is 15.2 Å². The summed E-state index contributed by atoms with van der Waals surface area (Å²) in [5.74, 6) is -0.206. The summed E-state index contributed by atoms with van der Waals surface area (Å²) in [6.07, 6.45) is 0. The molecule has 0 bridgehead atoms. The van der Waals surface area contributed by atoms with Gasteiger partial charge in [0.2, 0.25) is 5.91 Å². The predicted molar refractivity (Wildman–Crippen MR) is 62.5 cm³/mol. The number of aryl methyl sites for hydroxylation is 1. The zero-order valence-electron chi connectivity index (χ0n) is 9.62. The van der Waals surface area contributed by atoms with Gasteiger partial charge in [0, 0.05) is 5.69 Å². The van der Waals surface area contributed by atoms with E-state index in [0.29, 0.717) is 0 Å². The van der Waals surface area contributed by atoms with Crippen molar-refractivity contribution < 1.29 is 14.6 Å². The van der Waals surface area contributed by atoms with E-state index in [1.54, 1.807) is 0 Å². The van der Waals surface area contributed by atoms with Crippen molar-refractivity contribution in [1.29, 1.82) is 0 Å². The van der Waals surface area contributed by atoms with Gasteiger partial charge in [-0.05, 0) is 31.0 Å². The number of anilines is 1. The maximum absolute atomic E-state index is 11.4. The molecule has 1 rings (SSSR count). The Morgan fingerprint density at radius 2 is 2.19 bits per heavy atom. The molecule has 4 nitrogen and oxygen atoms in total. The van der Waals surface area contributed by atoms with Gasteiger partial charge in [0.1, 0.15) is 6.61 Å². The molecule has 1 amide bonds. The zero-order valence-corrected chi connectivity index (χ0v) is 9.62. The molecule has 0 saturated heterocycles. The lowest BCUT2D eigenvalue weighted by molar-refractivity contribution is -0.120. The van der Waals surface area contributed by atoms with Crippen LogP contribution in [0.4, 0.5) is 5.69 Å². The number of carbonyl (C=O) groups is 1. The second-order valence-electron chi connectivity index (χ2n) is 3.57. The molecule has 0 unspecified atom stereocenters. The highest BCUT2D eigenvalue weighted by Gasteiger charge is 2.05. The van der Waals surface area contributed by atoms with Crippen molar-refractivity contribution in [1.82, 2.24) is 0 Å². The molecule has 16 heavy (non-hydrogen) atoms. The van der Waals surface area contributed by atoms with E-state index in [1.807, 2.05) is 32.0 Å². The van der Waals surface area contributed by atoms with Gasteiger partial charge in [-0.25, -0.2) is 0 Å².